The van der Waals surface area contributed by atoms with E-state index < -0.39 is 17.5 Å². The first-order valence-electron chi connectivity index (χ1n) is 6.29. The average Bonchev–Trinajstić information content (AvgIpc) is 2.91. The second-order valence-electron chi connectivity index (χ2n) is 4.19. The van der Waals surface area contributed by atoms with E-state index in [1.165, 1.54) is 17.4 Å². The van der Waals surface area contributed by atoms with Crippen LogP contribution >= 0.6 is 11.3 Å². The smallest absolute Gasteiger partial charge is 0.195 e. The van der Waals surface area contributed by atoms with E-state index in [4.69, 9.17) is 0 Å². The molecule has 0 fully saturated rings. The van der Waals surface area contributed by atoms with Gasteiger partial charge in [0.15, 0.2) is 22.5 Å². The number of hydrogen-bond acceptors (Lipinski definition) is 4. The first kappa shape index (κ1) is 14.9. The van der Waals surface area contributed by atoms with Crippen LogP contribution in [0.1, 0.15) is 31.3 Å². The fraction of sp³-hybridized carbons (Fsp3) is 0.385. The minimum Gasteiger partial charge on any atom is -0.308 e. The van der Waals surface area contributed by atoms with Gasteiger partial charge in [-0.1, -0.05) is 25.2 Å². The number of halogens is 3. The second-order valence-corrected chi connectivity index (χ2v) is 5.20. The number of hydrogen-bond donors (Lipinski definition) is 1. The fourth-order valence-electron chi connectivity index (χ4n) is 1.83. The topological polar surface area (TPSA) is 37.8 Å². The lowest BCUT2D eigenvalue weighted by Gasteiger charge is -2.10. The molecule has 1 aromatic heterocycles. The minimum atomic E-state index is -1.49. The van der Waals surface area contributed by atoms with Crippen LogP contribution in [0, 0.1) is 17.5 Å². The van der Waals surface area contributed by atoms with Crippen LogP contribution in [-0.2, 0) is 0 Å². The van der Waals surface area contributed by atoms with E-state index in [2.05, 4.69) is 15.5 Å². The Bertz CT molecular complexity index is 601. The molecule has 0 radical (unpaired) electrons. The van der Waals surface area contributed by atoms with Gasteiger partial charge >= 0.3 is 0 Å². The van der Waals surface area contributed by atoms with E-state index in [0.29, 0.717) is 5.01 Å². The maximum absolute atomic E-state index is 13.7. The Labute approximate surface area is 118 Å². The Balaban J connectivity index is 2.36. The van der Waals surface area contributed by atoms with E-state index in [-0.39, 0.29) is 16.6 Å². The van der Waals surface area contributed by atoms with Gasteiger partial charge in [0.25, 0.3) is 0 Å². The van der Waals surface area contributed by atoms with Crippen molar-refractivity contribution in [2.75, 3.05) is 6.54 Å². The molecular formula is C13H14F3N3S. The molecule has 1 unspecified atom stereocenters. The highest BCUT2D eigenvalue weighted by atomic mass is 32.1. The van der Waals surface area contributed by atoms with Crippen molar-refractivity contribution in [2.45, 2.75) is 26.3 Å². The lowest BCUT2D eigenvalue weighted by Crippen LogP contribution is -2.19. The van der Waals surface area contributed by atoms with Crippen molar-refractivity contribution < 1.29 is 13.2 Å². The molecule has 2 aromatic rings. The molecule has 3 nitrogen and oxygen atoms in total. The predicted molar refractivity (Wildman–Crippen MR) is 71.9 cm³/mol. The van der Waals surface area contributed by atoms with E-state index in [1.54, 1.807) is 0 Å². The zero-order chi connectivity index (χ0) is 14.7. The molecular weight excluding hydrogens is 287 g/mol. The molecule has 0 aliphatic heterocycles. The van der Waals surface area contributed by atoms with Gasteiger partial charge in [0.05, 0.1) is 11.6 Å². The number of nitrogens with one attached hydrogen (secondary N) is 1. The monoisotopic (exact) mass is 301 g/mol. The highest BCUT2D eigenvalue weighted by molar-refractivity contribution is 7.14. The molecule has 20 heavy (non-hydrogen) atoms. The maximum Gasteiger partial charge on any atom is 0.195 e. The van der Waals surface area contributed by atoms with Gasteiger partial charge in [-0.2, -0.15) is 0 Å². The number of nitrogens with zero attached hydrogens (tertiary/aromatic N) is 2. The van der Waals surface area contributed by atoms with Crippen LogP contribution in [0.2, 0.25) is 0 Å². The molecule has 0 saturated carbocycles. The molecule has 0 aliphatic carbocycles. The van der Waals surface area contributed by atoms with Gasteiger partial charge in [-0.25, -0.2) is 13.2 Å². The Morgan fingerprint density at radius 3 is 2.55 bits per heavy atom. The van der Waals surface area contributed by atoms with Crippen molar-refractivity contribution in [1.82, 2.24) is 15.5 Å². The molecule has 1 atom stereocenters. The van der Waals surface area contributed by atoms with Crippen molar-refractivity contribution in [2.24, 2.45) is 0 Å². The molecule has 7 heteroatoms. The van der Waals surface area contributed by atoms with Gasteiger partial charge in [0.1, 0.15) is 5.01 Å². The van der Waals surface area contributed by atoms with Crippen LogP contribution < -0.4 is 5.32 Å². The lowest BCUT2D eigenvalue weighted by molar-refractivity contribution is 0.449. The zero-order valence-electron chi connectivity index (χ0n) is 11.1. The molecule has 0 amide bonds. The standard InChI is InChI=1S/C13H14F3N3S/c1-3-9(17-4-2)13-19-18-12(20-13)7-5-6-8(14)11(16)10(7)15/h5-6,9,17H,3-4H2,1-2H3. The van der Waals surface area contributed by atoms with Crippen LogP contribution in [0.5, 0.6) is 0 Å². The summed E-state index contributed by atoms with van der Waals surface area (Å²) in [4.78, 5) is 0. The summed E-state index contributed by atoms with van der Waals surface area (Å²) in [6.07, 6.45) is 0.808. The van der Waals surface area contributed by atoms with Crippen molar-refractivity contribution >= 4 is 11.3 Å². The maximum atomic E-state index is 13.7. The lowest BCUT2D eigenvalue weighted by atomic mass is 10.2. The molecule has 1 heterocycles. The third-order valence-electron chi connectivity index (χ3n) is 2.86. The molecule has 0 spiro atoms. The molecule has 2 rings (SSSR count). The highest BCUT2D eigenvalue weighted by Crippen LogP contribution is 2.31. The zero-order valence-corrected chi connectivity index (χ0v) is 11.9. The van der Waals surface area contributed by atoms with Crippen molar-refractivity contribution in [3.8, 4) is 10.6 Å². The van der Waals surface area contributed by atoms with Gasteiger partial charge in [0, 0.05) is 0 Å². The molecule has 108 valence electrons. The summed E-state index contributed by atoms with van der Waals surface area (Å²) < 4.78 is 39.8. The van der Waals surface area contributed by atoms with Gasteiger partial charge in [-0.3, -0.25) is 0 Å². The number of benzene rings is 1. The molecule has 1 N–H and O–H groups in total. The normalized spacial score (nSPS) is 12.7. The van der Waals surface area contributed by atoms with Crippen molar-refractivity contribution in [3.63, 3.8) is 0 Å². The fourth-order valence-corrected chi connectivity index (χ4v) is 2.85. The Morgan fingerprint density at radius 1 is 1.15 bits per heavy atom. The van der Waals surface area contributed by atoms with Gasteiger partial charge in [-0.05, 0) is 25.1 Å². The van der Waals surface area contributed by atoms with Crippen LogP contribution in [-0.4, -0.2) is 16.7 Å². The minimum absolute atomic E-state index is 0.0274. The number of aromatic nitrogens is 2. The quantitative estimate of drug-likeness (QED) is 0.856. The number of rotatable bonds is 5. The predicted octanol–water partition coefficient (Wildman–Crippen LogP) is 3.68. The third kappa shape index (κ3) is 2.83. The van der Waals surface area contributed by atoms with E-state index in [1.807, 2.05) is 13.8 Å². The first-order chi connectivity index (χ1) is 9.58. The van der Waals surface area contributed by atoms with Crippen LogP contribution in [0.25, 0.3) is 10.6 Å². The summed E-state index contributed by atoms with van der Waals surface area (Å²) in [5.74, 6) is -3.93. The highest BCUT2D eigenvalue weighted by Gasteiger charge is 2.20. The Morgan fingerprint density at radius 2 is 1.90 bits per heavy atom. The summed E-state index contributed by atoms with van der Waals surface area (Å²) >= 11 is 1.17. The summed E-state index contributed by atoms with van der Waals surface area (Å²) in [5.41, 5.74) is -0.0704. The van der Waals surface area contributed by atoms with Crippen LogP contribution in [0.4, 0.5) is 13.2 Å². The third-order valence-corrected chi connectivity index (χ3v) is 3.93. The van der Waals surface area contributed by atoms with E-state index >= 15 is 0 Å². The van der Waals surface area contributed by atoms with E-state index in [9.17, 15) is 13.2 Å². The van der Waals surface area contributed by atoms with Crippen molar-refractivity contribution in [1.29, 1.82) is 0 Å². The van der Waals surface area contributed by atoms with Gasteiger partial charge in [-0.15, -0.1) is 10.2 Å². The van der Waals surface area contributed by atoms with Crippen molar-refractivity contribution in [3.05, 3.63) is 34.6 Å². The Kier molecular flexibility index (Phi) is 4.72. The molecule has 0 saturated heterocycles. The van der Waals surface area contributed by atoms with E-state index in [0.717, 1.165) is 19.0 Å². The summed E-state index contributed by atoms with van der Waals surface area (Å²) in [6.45, 7) is 4.74. The van der Waals surface area contributed by atoms with Gasteiger partial charge in [0.2, 0.25) is 0 Å². The van der Waals surface area contributed by atoms with Gasteiger partial charge < -0.3 is 5.32 Å². The molecule has 0 aliphatic rings. The summed E-state index contributed by atoms with van der Waals surface area (Å²) in [5, 5.41) is 12.0. The Hall–Kier alpha value is -1.47. The van der Waals surface area contributed by atoms with Crippen LogP contribution in [0.3, 0.4) is 0 Å². The molecule has 0 bridgehead atoms. The first-order valence-corrected chi connectivity index (χ1v) is 7.10. The van der Waals surface area contributed by atoms with Crippen LogP contribution in [0.15, 0.2) is 12.1 Å². The average molecular weight is 301 g/mol. The SMILES string of the molecule is CCNC(CC)c1nnc(-c2ccc(F)c(F)c2F)s1. The molecule has 1 aromatic carbocycles. The largest absolute Gasteiger partial charge is 0.308 e. The summed E-state index contributed by atoms with van der Waals surface area (Å²) in [6, 6.07) is 2.09. The second kappa shape index (κ2) is 6.32. The summed E-state index contributed by atoms with van der Waals surface area (Å²) in [7, 11) is 0.